The Bertz CT molecular complexity index is 903. The monoisotopic (exact) mass is 416 g/mol. The summed E-state index contributed by atoms with van der Waals surface area (Å²) < 4.78 is 10.2. The predicted molar refractivity (Wildman–Crippen MR) is 111 cm³/mol. The lowest BCUT2D eigenvalue weighted by Crippen LogP contribution is -2.44. The minimum absolute atomic E-state index is 0.0768. The normalized spacial score (nSPS) is 21.2. The second kappa shape index (κ2) is 8.35. The van der Waals surface area contributed by atoms with Crippen LogP contribution in [0, 0.1) is 6.92 Å². The highest BCUT2D eigenvalue weighted by Crippen LogP contribution is 2.33. The van der Waals surface area contributed by atoms with Crippen molar-refractivity contribution in [1.29, 1.82) is 0 Å². The first kappa shape index (κ1) is 20.8. The summed E-state index contributed by atoms with van der Waals surface area (Å²) in [5.74, 6) is 0. The van der Waals surface area contributed by atoms with E-state index in [2.05, 4.69) is 38.7 Å². The number of nitrogens with one attached hydrogen (secondary N) is 1. The number of urea groups is 1. The van der Waals surface area contributed by atoms with Gasteiger partial charge in [0.25, 0.3) is 0 Å². The van der Waals surface area contributed by atoms with Gasteiger partial charge in [-0.2, -0.15) is 5.10 Å². The van der Waals surface area contributed by atoms with Crippen LogP contribution in [0.2, 0.25) is 0 Å². The molecule has 1 atom stereocenters. The van der Waals surface area contributed by atoms with Crippen LogP contribution in [0.15, 0.2) is 6.20 Å². The zero-order valence-electron chi connectivity index (χ0n) is 18.4. The van der Waals surface area contributed by atoms with E-state index in [0.717, 1.165) is 43.1 Å². The number of likely N-dealkylation sites (tertiary alicyclic amines) is 1. The standard InChI is InChI=1S/C20H32N8O2/c1-5-27(6-2)19(29)21-9-17-18-12-30-20(14-28(18)24-22-17)7-8-26(13-20)11-16-10-25(4)23-15(16)3/h10H,5-9,11-14H2,1-4H3,(H,21,29). The smallest absolute Gasteiger partial charge is 0.317 e. The number of aryl methyl sites for hydroxylation is 2. The molecule has 1 unspecified atom stereocenters. The van der Waals surface area contributed by atoms with Crippen molar-refractivity contribution in [1.82, 2.24) is 39.9 Å². The van der Waals surface area contributed by atoms with Gasteiger partial charge in [-0.3, -0.25) is 9.58 Å². The number of carbonyl (C=O) groups excluding carboxylic acids is 1. The Morgan fingerprint density at radius 2 is 2.13 bits per heavy atom. The van der Waals surface area contributed by atoms with Crippen LogP contribution in [-0.4, -0.2) is 72.4 Å². The molecule has 2 aromatic rings. The summed E-state index contributed by atoms with van der Waals surface area (Å²) in [5.41, 5.74) is 3.86. The van der Waals surface area contributed by atoms with Gasteiger partial charge in [-0.25, -0.2) is 9.48 Å². The fraction of sp³-hybridized carbons (Fsp3) is 0.700. The molecule has 1 fully saturated rings. The van der Waals surface area contributed by atoms with Crippen molar-refractivity contribution in [3.8, 4) is 0 Å². The van der Waals surface area contributed by atoms with Gasteiger partial charge in [0.15, 0.2) is 0 Å². The van der Waals surface area contributed by atoms with Crippen molar-refractivity contribution in [3.05, 3.63) is 28.8 Å². The minimum Gasteiger partial charge on any atom is -0.365 e. The van der Waals surface area contributed by atoms with Gasteiger partial charge in [-0.05, 0) is 27.2 Å². The number of nitrogens with zero attached hydrogens (tertiary/aromatic N) is 7. The average Bonchev–Trinajstić information content (AvgIpc) is 3.39. The molecular formula is C20H32N8O2. The molecule has 1 spiro atoms. The first-order chi connectivity index (χ1) is 14.4. The highest BCUT2D eigenvalue weighted by atomic mass is 16.5. The van der Waals surface area contributed by atoms with Gasteiger partial charge >= 0.3 is 6.03 Å². The van der Waals surface area contributed by atoms with Gasteiger partial charge in [-0.15, -0.1) is 5.10 Å². The van der Waals surface area contributed by atoms with Crippen LogP contribution >= 0.6 is 0 Å². The molecule has 0 aromatic carbocycles. The number of fused-ring (bicyclic) bond motifs is 1. The third-order valence-electron chi connectivity index (χ3n) is 6.23. The summed E-state index contributed by atoms with van der Waals surface area (Å²) in [5, 5.41) is 16.1. The highest BCUT2D eigenvalue weighted by Gasteiger charge is 2.43. The molecule has 0 radical (unpaired) electrons. The Kier molecular flexibility index (Phi) is 5.79. The van der Waals surface area contributed by atoms with Gasteiger partial charge in [0.2, 0.25) is 0 Å². The third-order valence-corrected chi connectivity index (χ3v) is 6.23. The number of hydrogen-bond donors (Lipinski definition) is 1. The molecule has 0 bridgehead atoms. The quantitative estimate of drug-likeness (QED) is 0.757. The summed E-state index contributed by atoms with van der Waals surface area (Å²) in [4.78, 5) is 16.4. The molecule has 4 heterocycles. The Morgan fingerprint density at radius 3 is 2.83 bits per heavy atom. The number of aromatic nitrogens is 5. The molecule has 0 saturated carbocycles. The van der Waals surface area contributed by atoms with E-state index >= 15 is 0 Å². The van der Waals surface area contributed by atoms with Crippen molar-refractivity contribution in [3.63, 3.8) is 0 Å². The van der Waals surface area contributed by atoms with Crippen LogP contribution in [-0.2, 0) is 38.0 Å². The molecule has 1 saturated heterocycles. The summed E-state index contributed by atoms with van der Waals surface area (Å²) in [6.45, 7) is 11.6. The molecule has 10 heteroatoms. The third kappa shape index (κ3) is 4.06. The van der Waals surface area contributed by atoms with Crippen LogP contribution in [0.4, 0.5) is 4.79 Å². The Hall–Kier alpha value is -2.46. The van der Waals surface area contributed by atoms with E-state index in [1.165, 1.54) is 5.56 Å². The van der Waals surface area contributed by atoms with Gasteiger partial charge < -0.3 is 15.0 Å². The largest absolute Gasteiger partial charge is 0.365 e. The molecule has 1 N–H and O–H groups in total. The van der Waals surface area contributed by atoms with Crippen molar-refractivity contribution in [2.45, 2.75) is 59.0 Å². The topological polar surface area (TPSA) is 93.3 Å². The van der Waals surface area contributed by atoms with E-state index in [9.17, 15) is 4.79 Å². The maximum atomic E-state index is 12.2. The van der Waals surface area contributed by atoms with Gasteiger partial charge in [0.05, 0.1) is 31.1 Å². The van der Waals surface area contributed by atoms with Crippen molar-refractivity contribution < 1.29 is 9.53 Å². The Labute approximate surface area is 177 Å². The van der Waals surface area contributed by atoms with Crippen LogP contribution in [0.25, 0.3) is 0 Å². The molecule has 30 heavy (non-hydrogen) atoms. The SMILES string of the molecule is CCN(CC)C(=O)NCc1nnn2c1COC1(CCN(Cc3cn(C)nc3C)C1)C2. The van der Waals surface area contributed by atoms with E-state index in [1.54, 1.807) is 4.90 Å². The second-order valence-corrected chi connectivity index (χ2v) is 8.32. The maximum Gasteiger partial charge on any atom is 0.317 e. The fourth-order valence-corrected chi connectivity index (χ4v) is 4.47. The van der Waals surface area contributed by atoms with E-state index in [-0.39, 0.29) is 11.6 Å². The second-order valence-electron chi connectivity index (χ2n) is 8.32. The Balaban J connectivity index is 1.36. The number of carbonyl (C=O) groups is 1. The van der Waals surface area contributed by atoms with Crippen molar-refractivity contribution in [2.24, 2.45) is 7.05 Å². The number of rotatable bonds is 6. The van der Waals surface area contributed by atoms with Gasteiger partial charge in [0, 0.05) is 51.5 Å². The van der Waals surface area contributed by atoms with Crippen LogP contribution in [0.3, 0.4) is 0 Å². The molecule has 2 aliphatic heterocycles. The number of ether oxygens (including phenoxy) is 1. The predicted octanol–water partition coefficient (Wildman–Crippen LogP) is 1.05. The van der Waals surface area contributed by atoms with Crippen LogP contribution in [0.1, 0.15) is 42.9 Å². The molecule has 0 aliphatic carbocycles. The summed E-state index contributed by atoms with van der Waals surface area (Å²) in [6.07, 6.45) is 3.07. The average molecular weight is 417 g/mol. The van der Waals surface area contributed by atoms with E-state index in [4.69, 9.17) is 4.74 Å². The lowest BCUT2D eigenvalue weighted by atomic mass is 10.0. The minimum atomic E-state index is -0.224. The first-order valence-corrected chi connectivity index (χ1v) is 10.7. The van der Waals surface area contributed by atoms with E-state index < -0.39 is 0 Å². The van der Waals surface area contributed by atoms with Crippen molar-refractivity contribution >= 4 is 6.03 Å². The molecule has 4 rings (SSSR count). The van der Waals surface area contributed by atoms with Crippen molar-refractivity contribution in [2.75, 3.05) is 26.2 Å². The number of amides is 2. The molecule has 2 aliphatic rings. The summed E-state index contributed by atoms with van der Waals surface area (Å²) >= 11 is 0. The zero-order chi connectivity index (χ0) is 21.3. The van der Waals surface area contributed by atoms with E-state index in [1.807, 2.05) is 30.3 Å². The van der Waals surface area contributed by atoms with Gasteiger partial charge in [0.1, 0.15) is 11.3 Å². The van der Waals surface area contributed by atoms with Crippen LogP contribution < -0.4 is 5.32 Å². The zero-order valence-corrected chi connectivity index (χ0v) is 18.4. The van der Waals surface area contributed by atoms with Crippen LogP contribution in [0.5, 0.6) is 0 Å². The highest BCUT2D eigenvalue weighted by molar-refractivity contribution is 5.74. The van der Waals surface area contributed by atoms with E-state index in [0.29, 0.717) is 32.8 Å². The maximum absolute atomic E-state index is 12.2. The summed E-state index contributed by atoms with van der Waals surface area (Å²) in [7, 11) is 1.96. The molecule has 2 amide bonds. The molecular weight excluding hydrogens is 384 g/mol. The lowest BCUT2D eigenvalue weighted by Gasteiger charge is -2.34. The fourth-order valence-electron chi connectivity index (χ4n) is 4.47. The molecule has 10 nitrogen and oxygen atoms in total. The number of hydrogen-bond acceptors (Lipinski definition) is 6. The molecule has 164 valence electrons. The molecule has 2 aromatic heterocycles. The van der Waals surface area contributed by atoms with Gasteiger partial charge in [-0.1, -0.05) is 5.21 Å². The first-order valence-electron chi connectivity index (χ1n) is 10.7. The lowest BCUT2D eigenvalue weighted by molar-refractivity contribution is -0.0845. The Morgan fingerprint density at radius 1 is 1.33 bits per heavy atom. The summed E-state index contributed by atoms with van der Waals surface area (Å²) in [6, 6.07) is -0.0768.